The largest absolute Gasteiger partial charge is 0.318 e. The summed E-state index contributed by atoms with van der Waals surface area (Å²) in [5, 5.41) is 10.3. The fourth-order valence-corrected chi connectivity index (χ4v) is 3.42. The van der Waals surface area contributed by atoms with E-state index in [4.69, 9.17) is 11.6 Å². The SMILES string of the molecule is CCc1ccccc1-n1c(C)cc(C=C(C#N)c2ccc(Cl)cc2)c1C. The molecule has 0 atom stereocenters. The summed E-state index contributed by atoms with van der Waals surface area (Å²) in [4.78, 5) is 0. The van der Waals surface area contributed by atoms with Crippen molar-refractivity contribution in [2.24, 2.45) is 0 Å². The molecule has 0 saturated carbocycles. The molecule has 0 fully saturated rings. The third-order valence-electron chi connectivity index (χ3n) is 4.66. The van der Waals surface area contributed by atoms with Crippen LogP contribution in [0, 0.1) is 25.2 Å². The normalized spacial score (nSPS) is 11.4. The van der Waals surface area contributed by atoms with Crippen molar-refractivity contribution < 1.29 is 0 Å². The topological polar surface area (TPSA) is 28.7 Å². The molecule has 0 saturated heterocycles. The summed E-state index contributed by atoms with van der Waals surface area (Å²) in [6.07, 6.45) is 2.93. The van der Waals surface area contributed by atoms with Gasteiger partial charge >= 0.3 is 0 Å². The van der Waals surface area contributed by atoms with Crippen LogP contribution in [0.5, 0.6) is 0 Å². The average Bonchev–Trinajstić information content (AvgIpc) is 2.93. The molecule has 0 unspecified atom stereocenters. The van der Waals surface area contributed by atoms with Crippen molar-refractivity contribution in [3.8, 4) is 11.8 Å². The predicted molar refractivity (Wildman–Crippen MR) is 110 cm³/mol. The third kappa shape index (κ3) is 3.45. The number of aryl methyl sites for hydroxylation is 2. The molecule has 0 aliphatic heterocycles. The first kappa shape index (κ1) is 18.0. The number of halogens is 1. The first-order valence-corrected chi connectivity index (χ1v) is 9.08. The maximum absolute atomic E-state index is 9.62. The van der Waals surface area contributed by atoms with E-state index in [0.717, 1.165) is 28.9 Å². The Kier molecular flexibility index (Phi) is 5.30. The first-order chi connectivity index (χ1) is 12.5. The van der Waals surface area contributed by atoms with Crippen molar-refractivity contribution in [1.29, 1.82) is 5.26 Å². The van der Waals surface area contributed by atoms with Gasteiger partial charge in [-0.05, 0) is 67.3 Å². The third-order valence-corrected chi connectivity index (χ3v) is 4.91. The minimum absolute atomic E-state index is 0.630. The average molecular weight is 361 g/mol. The molecule has 2 aromatic carbocycles. The Hall–Kier alpha value is -2.76. The van der Waals surface area contributed by atoms with Crippen LogP contribution in [0.15, 0.2) is 54.6 Å². The molecule has 0 aliphatic rings. The van der Waals surface area contributed by atoms with Crippen molar-refractivity contribution in [3.05, 3.63) is 87.7 Å². The van der Waals surface area contributed by atoms with E-state index >= 15 is 0 Å². The monoisotopic (exact) mass is 360 g/mol. The molecular weight excluding hydrogens is 340 g/mol. The van der Waals surface area contributed by atoms with Gasteiger partial charge in [-0.15, -0.1) is 0 Å². The molecule has 0 spiro atoms. The highest BCUT2D eigenvalue weighted by atomic mass is 35.5. The summed E-state index contributed by atoms with van der Waals surface area (Å²) in [6, 6.07) is 20.3. The lowest BCUT2D eigenvalue weighted by Crippen LogP contribution is -2.02. The highest BCUT2D eigenvalue weighted by molar-refractivity contribution is 6.30. The molecule has 0 N–H and O–H groups in total. The molecule has 0 radical (unpaired) electrons. The van der Waals surface area contributed by atoms with Crippen molar-refractivity contribution in [3.63, 3.8) is 0 Å². The van der Waals surface area contributed by atoms with Crippen molar-refractivity contribution in [2.75, 3.05) is 0 Å². The standard InChI is InChI=1S/C23H21ClN2/c1-4-18-7-5-6-8-23(18)26-16(2)13-20(17(26)3)14-21(15-25)19-9-11-22(24)12-10-19/h5-14H,4H2,1-3H3. The number of aromatic nitrogens is 1. The van der Waals surface area contributed by atoms with Gasteiger partial charge in [-0.25, -0.2) is 0 Å². The van der Waals surface area contributed by atoms with Crippen LogP contribution in [0.1, 0.15) is 35.0 Å². The van der Waals surface area contributed by atoms with Gasteiger partial charge in [-0.2, -0.15) is 5.26 Å². The van der Waals surface area contributed by atoms with Gasteiger partial charge in [0.1, 0.15) is 0 Å². The highest BCUT2D eigenvalue weighted by Gasteiger charge is 2.13. The van der Waals surface area contributed by atoms with E-state index < -0.39 is 0 Å². The Morgan fingerprint density at radius 3 is 2.46 bits per heavy atom. The van der Waals surface area contributed by atoms with Gasteiger partial charge in [0.25, 0.3) is 0 Å². The lowest BCUT2D eigenvalue weighted by molar-refractivity contribution is 0.936. The number of hydrogen-bond donors (Lipinski definition) is 0. The number of nitrogens with zero attached hydrogens (tertiary/aromatic N) is 2. The molecule has 0 amide bonds. The van der Waals surface area contributed by atoms with E-state index in [-0.39, 0.29) is 0 Å². The van der Waals surface area contributed by atoms with Gasteiger partial charge in [0.05, 0.1) is 11.6 Å². The van der Waals surface area contributed by atoms with Crippen molar-refractivity contribution in [2.45, 2.75) is 27.2 Å². The minimum atomic E-state index is 0.630. The predicted octanol–water partition coefficient (Wildman–Crippen LogP) is 6.37. The summed E-state index contributed by atoms with van der Waals surface area (Å²) in [5.74, 6) is 0. The zero-order valence-electron chi connectivity index (χ0n) is 15.3. The summed E-state index contributed by atoms with van der Waals surface area (Å²) in [5.41, 5.74) is 7.35. The van der Waals surface area contributed by atoms with Crippen LogP contribution in [-0.4, -0.2) is 4.57 Å². The van der Waals surface area contributed by atoms with Crippen molar-refractivity contribution in [1.82, 2.24) is 4.57 Å². The Bertz CT molecular complexity index is 1000. The molecule has 0 aliphatic carbocycles. The molecular formula is C23H21ClN2. The first-order valence-electron chi connectivity index (χ1n) is 8.70. The van der Waals surface area contributed by atoms with Crippen LogP contribution >= 0.6 is 11.6 Å². The lowest BCUT2D eigenvalue weighted by atomic mass is 10.0. The number of nitriles is 1. The van der Waals surface area contributed by atoms with E-state index in [9.17, 15) is 5.26 Å². The zero-order valence-corrected chi connectivity index (χ0v) is 16.0. The number of hydrogen-bond acceptors (Lipinski definition) is 1. The molecule has 130 valence electrons. The zero-order chi connectivity index (χ0) is 18.7. The van der Waals surface area contributed by atoms with E-state index in [2.05, 4.69) is 61.7 Å². The second-order valence-corrected chi connectivity index (χ2v) is 6.76. The van der Waals surface area contributed by atoms with Gasteiger partial charge in [-0.3, -0.25) is 0 Å². The molecule has 1 heterocycles. The molecule has 26 heavy (non-hydrogen) atoms. The number of benzene rings is 2. The molecule has 3 heteroatoms. The smallest absolute Gasteiger partial charge is 0.0998 e. The van der Waals surface area contributed by atoms with Gasteiger partial charge in [0.2, 0.25) is 0 Å². The Morgan fingerprint density at radius 2 is 1.81 bits per heavy atom. The van der Waals surface area contributed by atoms with Crippen LogP contribution < -0.4 is 0 Å². The number of allylic oxidation sites excluding steroid dienone is 1. The van der Waals surface area contributed by atoms with Crippen LogP contribution in [0.25, 0.3) is 17.3 Å². The molecule has 3 aromatic rings. The fourth-order valence-electron chi connectivity index (χ4n) is 3.30. The Labute approximate surface area is 160 Å². The van der Waals surface area contributed by atoms with E-state index in [1.807, 2.05) is 30.3 Å². The number of rotatable bonds is 4. The van der Waals surface area contributed by atoms with Gasteiger partial charge in [-0.1, -0.05) is 48.9 Å². The molecule has 3 rings (SSSR count). The number of para-hydroxylation sites is 1. The van der Waals surface area contributed by atoms with Crippen molar-refractivity contribution >= 4 is 23.3 Å². The highest BCUT2D eigenvalue weighted by Crippen LogP contribution is 2.27. The second kappa shape index (κ2) is 7.64. The summed E-state index contributed by atoms with van der Waals surface area (Å²) in [7, 11) is 0. The Balaban J connectivity index is 2.10. The van der Waals surface area contributed by atoms with E-state index in [1.165, 1.54) is 11.3 Å². The van der Waals surface area contributed by atoms with Crippen LogP contribution in [0.4, 0.5) is 0 Å². The maximum atomic E-state index is 9.62. The quantitative estimate of drug-likeness (QED) is 0.496. The molecule has 1 aromatic heterocycles. The van der Waals surface area contributed by atoms with E-state index in [0.29, 0.717) is 10.6 Å². The minimum Gasteiger partial charge on any atom is -0.318 e. The summed E-state index contributed by atoms with van der Waals surface area (Å²) in [6.45, 7) is 6.37. The van der Waals surface area contributed by atoms with Gasteiger partial charge in [0.15, 0.2) is 0 Å². The van der Waals surface area contributed by atoms with Gasteiger partial charge in [0, 0.05) is 22.1 Å². The summed E-state index contributed by atoms with van der Waals surface area (Å²) < 4.78 is 2.27. The van der Waals surface area contributed by atoms with Crippen LogP contribution in [0.3, 0.4) is 0 Å². The van der Waals surface area contributed by atoms with E-state index in [1.54, 1.807) is 0 Å². The van der Waals surface area contributed by atoms with Gasteiger partial charge < -0.3 is 4.57 Å². The van der Waals surface area contributed by atoms with Crippen LogP contribution in [0.2, 0.25) is 5.02 Å². The summed E-state index contributed by atoms with van der Waals surface area (Å²) >= 11 is 5.96. The maximum Gasteiger partial charge on any atom is 0.0998 e. The van der Waals surface area contributed by atoms with Crippen LogP contribution in [-0.2, 0) is 6.42 Å². The second-order valence-electron chi connectivity index (χ2n) is 6.32. The molecule has 2 nitrogen and oxygen atoms in total. The Morgan fingerprint density at radius 1 is 1.12 bits per heavy atom. The lowest BCUT2D eigenvalue weighted by Gasteiger charge is -2.14. The fraction of sp³-hybridized carbons (Fsp3) is 0.174. The molecule has 0 bridgehead atoms.